The average molecular weight is 250 g/mol. The molecule has 1 aromatic carbocycles. The Kier molecular flexibility index (Phi) is 4.86. The van der Waals surface area contributed by atoms with Crippen LogP contribution in [-0.4, -0.2) is 31.6 Å². The monoisotopic (exact) mass is 250 g/mol. The highest BCUT2D eigenvalue weighted by molar-refractivity contribution is 5.96. The van der Waals surface area contributed by atoms with Gasteiger partial charge in [-0.25, -0.2) is 9.59 Å². The first kappa shape index (κ1) is 13.7. The number of hydrogen-bond donors (Lipinski definition) is 2. The second-order valence-corrected chi connectivity index (χ2v) is 3.57. The lowest BCUT2D eigenvalue weighted by atomic mass is 10.1. The Hall–Kier alpha value is -2.37. The minimum Gasteiger partial charge on any atom is -0.452 e. The fourth-order valence-electron chi connectivity index (χ4n) is 1.21. The molecule has 0 fully saturated rings. The van der Waals surface area contributed by atoms with E-state index in [4.69, 9.17) is 4.74 Å². The molecule has 0 atom stereocenters. The van der Waals surface area contributed by atoms with Crippen molar-refractivity contribution in [3.63, 3.8) is 0 Å². The quantitative estimate of drug-likeness (QED) is 0.770. The van der Waals surface area contributed by atoms with Crippen LogP contribution in [0.15, 0.2) is 24.3 Å². The maximum absolute atomic E-state index is 11.6. The molecule has 0 saturated carbocycles. The number of benzene rings is 1. The van der Waals surface area contributed by atoms with E-state index >= 15 is 0 Å². The van der Waals surface area contributed by atoms with Crippen LogP contribution in [0.1, 0.15) is 15.9 Å². The van der Waals surface area contributed by atoms with Gasteiger partial charge in [-0.3, -0.25) is 10.1 Å². The number of urea groups is 1. The van der Waals surface area contributed by atoms with Gasteiger partial charge in [-0.2, -0.15) is 0 Å². The van der Waals surface area contributed by atoms with Gasteiger partial charge in [0.05, 0.1) is 5.56 Å². The number of nitrogens with one attached hydrogen (secondary N) is 2. The largest absolute Gasteiger partial charge is 0.452 e. The Bertz CT molecular complexity index is 471. The van der Waals surface area contributed by atoms with Gasteiger partial charge < -0.3 is 10.1 Å². The summed E-state index contributed by atoms with van der Waals surface area (Å²) in [5, 5.41) is 4.19. The highest BCUT2D eigenvalue weighted by Crippen LogP contribution is 2.05. The highest BCUT2D eigenvalue weighted by atomic mass is 16.5. The molecule has 0 aliphatic rings. The fourth-order valence-corrected chi connectivity index (χ4v) is 1.21. The molecule has 2 N–H and O–H groups in total. The molecule has 0 radical (unpaired) electrons. The number of hydrogen-bond acceptors (Lipinski definition) is 4. The Balaban J connectivity index is 2.46. The number of carbonyl (C=O) groups excluding carboxylic acids is 3. The summed E-state index contributed by atoms with van der Waals surface area (Å²) < 4.78 is 4.76. The maximum Gasteiger partial charge on any atom is 0.338 e. The summed E-state index contributed by atoms with van der Waals surface area (Å²) in [6, 6.07) is 6.16. The zero-order chi connectivity index (χ0) is 13.5. The predicted octanol–water partition coefficient (Wildman–Crippen LogP) is 0.607. The van der Waals surface area contributed by atoms with Crippen LogP contribution in [0.2, 0.25) is 0 Å². The first-order valence-corrected chi connectivity index (χ1v) is 5.28. The normalized spacial score (nSPS) is 9.44. The molecule has 3 amide bonds. The van der Waals surface area contributed by atoms with E-state index in [2.05, 4.69) is 5.32 Å². The number of amides is 3. The zero-order valence-corrected chi connectivity index (χ0v) is 10.1. The van der Waals surface area contributed by atoms with Crippen molar-refractivity contribution in [1.82, 2.24) is 10.6 Å². The van der Waals surface area contributed by atoms with Crippen molar-refractivity contribution < 1.29 is 19.1 Å². The molecule has 0 spiro atoms. The molecule has 1 rings (SSSR count). The van der Waals surface area contributed by atoms with Crippen LogP contribution >= 0.6 is 0 Å². The fraction of sp³-hybridized carbons (Fsp3) is 0.250. The van der Waals surface area contributed by atoms with Gasteiger partial charge in [-0.1, -0.05) is 17.7 Å². The Labute approximate surface area is 104 Å². The van der Waals surface area contributed by atoms with Crippen molar-refractivity contribution in [2.24, 2.45) is 0 Å². The van der Waals surface area contributed by atoms with E-state index in [1.165, 1.54) is 7.05 Å². The molecule has 0 unspecified atom stereocenters. The molecule has 0 bridgehead atoms. The van der Waals surface area contributed by atoms with Gasteiger partial charge in [0.15, 0.2) is 6.61 Å². The van der Waals surface area contributed by atoms with E-state index in [9.17, 15) is 14.4 Å². The van der Waals surface area contributed by atoms with E-state index in [0.29, 0.717) is 5.56 Å². The summed E-state index contributed by atoms with van der Waals surface area (Å²) in [7, 11) is 1.38. The molecule has 0 saturated heterocycles. The lowest BCUT2D eigenvalue weighted by molar-refractivity contribution is -0.123. The first-order chi connectivity index (χ1) is 8.52. The molecule has 6 nitrogen and oxygen atoms in total. The number of esters is 1. The van der Waals surface area contributed by atoms with Crippen molar-refractivity contribution in [2.45, 2.75) is 6.92 Å². The van der Waals surface area contributed by atoms with E-state index in [1.807, 2.05) is 18.3 Å². The third-order valence-electron chi connectivity index (χ3n) is 2.07. The third kappa shape index (κ3) is 4.25. The van der Waals surface area contributed by atoms with Crippen molar-refractivity contribution in [2.75, 3.05) is 13.7 Å². The summed E-state index contributed by atoms with van der Waals surface area (Å²) in [6.07, 6.45) is 0. The van der Waals surface area contributed by atoms with Crippen LogP contribution in [-0.2, 0) is 9.53 Å². The number of imide groups is 1. The van der Waals surface area contributed by atoms with Crippen LogP contribution in [0.3, 0.4) is 0 Å². The second-order valence-electron chi connectivity index (χ2n) is 3.57. The van der Waals surface area contributed by atoms with Crippen LogP contribution in [0.4, 0.5) is 4.79 Å². The van der Waals surface area contributed by atoms with Gasteiger partial charge in [0, 0.05) is 7.05 Å². The van der Waals surface area contributed by atoms with Crippen LogP contribution in [0.25, 0.3) is 0 Å². The number of ether oxygens (including phenoxy) is 1. The summed E-state index contributed by atoms with van der Waals surface area (Å²) in [5.41, 5.74) is 1.28. The summed E-state index contributed by atoms with van der Waals surface area (Å²) >= 11 is 0. The lowest BCUT2D eigenvalue weighted by Crippen LogP contribution is -2.39. The highest BCUT2D eigenvalue weighted by Gasteiger charge is 2.11. The van der Waals surface area contributed by atoms with Gasteiger partial charge in [-0.05, 0) is 19.1 Å². The van der Waals surface area contributed by atoms with Crippen molar-refractivity contribution in [3.8, 4) is 0 Å². The van der Waals surface area contributed by atoms with Crippen LogP contribution < -0.4 is 10.6 Å². The van der Waals surface area contributed by atoms with Gasteiger partial charge in [0.1, 0.15) is 0 Å². The van der Waals surface area contributed by atoms with E-state index in [0.717, 1.165) is 5.56 Å². The van der Waals surface area contributed by atoms with Crippen LogP contribution in [0.5, 0.6) is 0 Å². The maximum atomic E-state index is 11.6. The first-order valence-electron chi connectivity index (χ1n) is 5.28. The van der Waals surface area contributed by atoms with Gasteiger partial charge >= 0.3 is 12.0 Å². The van der Waals surface area contributed by atoms with Crippen LogP contribution in [0, 0.1) is 6.92 Å². The Morgan fingerprint density at radius 3 is 2.61 bits per heavy atom. The zero-order valence-electron chi connectivity index (χ0n) is 10.1. The van der Waals surface area contributed by atoms with Gasteiger partial charge in [-0.15, -0.1) is 0 Å². The Morgan fingerprint density at radius 2 is 2.00 bits per heavy atom. The second kappa shape index (κ2) is 6.39. The molecule has 0 aromatic heterocycles. The van der Waals surface area contributed by atoms with Crippen molar-refractivity contribution >= 4 is 17.9 Å². The minimum atomic E-state index is -0.685. The lowest BCUT2D eigenvalue weighted by Gasteiger charge is -2.05. The number of rotatable bonds is 3. The number of aryl methyl sites for hydroxylation is 1. The average Bonchev–Trinajstić information content (AvgIpc) is 2.35. The van der Waals surface area contributed by atoms with Crippen molar-refractivity contribution in [3.05, 3.63) is 35.4 Å². The molecule has 0 heterocycles. The summed E-state index contributed by atoms with van der Waals surface area (Å²) in [4.78, 5) is 33.5. The molecular weight excluding hydrogens is 236 g/mol. The van der Waals surface area contributed by atoms with Gasteiger partial charge in [0.2, 0.25) is 0 Å². The summed E-state index contributed by atoms with van der Waals surface area (Å²) in [5.74, 6) is -1.29. The molecule has 6 heteroatoms. The SMILES string of the molecule is CNC(=O)NC(=O)COC(=O)c1cccc(C)c1. The minimum absolute atomic E-state index is 0.364. The molecule has 1 aromatic rings. The van der Waals surface area contributed by atoms with E-state index in [1.54, 1.807) is 18.2 Å². The molecule has 0 aliphatic carbocycles. The molecular formula is C12H14N2O4. The molecule has 0 aliphatic heterocycles. The van der Waals surface area contributed by atoms with Gasteiger partial charge in [0.25, 0.3) is 5.91 Å². The van der Waals surface area contributed by atoms with E-state index < -0.39 is 24.5 Å². The molecule has 18 heavy (non-hydrogen) atoms. The van der Waals surface area contributed by atoms with E-state index in [-0.39, 0.29) is 0 Å². The smallest absolute Gasteiger partial charge is 0.338 e. The Morgan fingerprint density at radius 1 is 1.28 bits per heavy atom. The molecule has 96 valence electrons. The standard InChI is InChI=1S/C12H14N2O4/c1-8-4-3-5-9(6-8)11(16)18-7-10(15)14-12(17)13-2/h3-6H,7H2,1-2H3,(H2,13,14,15,17). The topological polar surface area (TPSA) is 84.5 Å². The summed E-state index contributed by atoms with van der Waals surface area (Å²) in [6.45, 7) is 1.34. The number of carbonyl (C=O) groups is 3. The third-order valence-corrected chi connectivity index (χ3v) is 2.07. The predicted molar refractivity (Wildman–Crippen MR) is 64.1 cm³/mol. The van der Waals surface area contributed by atoms with Crippen molar-refractivity contribution in [1.29, 1.82) is 0 Å².